The number of benzene rings is 6. The minimum atomic E-state index is -0.338. The summed E-state index contributed by atoms with van der Waals surface area (Å²) in [5.74, 6) is 0.671. The number of nitrogens with two attached hydrogens (primary N) is 1. The van der Waals surface area contributed by atoms with Crippen molar-refractivity contribution >= 4 is 22.5 Å². The van der Waals surface area contributed by atoms with E-state index in [0.717, 1.165) is 25.7 Å². The minimum Gasteiger partial charge on any atom is -0.333 e. The molecule has 5 aliphatic rings. The van der Waals surface area contributed by atoms with Crippen molar-refractivity contribution in [1.29, 1.82) is 0 Å². The summed E-state index contributed by atoms with van der Waals surface area (Å²) >= 11 is 0. The normalized spacial score (nSPS) is 18.9. The lowest BCUT2D eigenvalue weighted by Crippen LogP contribution is -2.37. The molecule has 0 aromatic heterocycles. The SMILES string of the molecule is CC.CC(c1ccccc1)c1cccc2c1C1=C(CCC(c3ccccc3)=C1)C21c2ccccc2N2C3=CC=CCC3c3cccc1c32.CCc1ccccc1.CN. The number of aryl methyl sites for hydroxylation is 1. The molecule has 2 heterocycles. The molecule has 290 valence electrons. The van der Waals surface area contributed by atoms with Crippen LogP contribution in [0.4, 0.5) is 11.4 Å². The fourth-order valence-electron chi connectivity index (χ4n) is 10.2. The van der Waals surface area contributed by atoms with Crippen molar-refractivity contribution in [3.8, 4) is 0 Å². The Labute approximate surface area is 346 Å². The van der Waals surface area contributed by atoms with Crippen LogP contribution < -0.4 is 10.6 Å². The molecule has 0 fully saturated rings. The summed E-state index contributed by atoms with van der Waals surface area (Å²) in [6.45, 7) is 8.55. The molecule has 0 saturated carbocycles. The first-order valence-electron chi connectivity index (χ1n) is 21.4. The molecule has 2 aliphatic heterocycles. The van der Waals surface area contributed by atoms with Gasteiger partial charge in [-0.15, -0.1) is 0 Å². The van der Waals surface area contributed by atoms with Crippen LogP contribution in [-0.4, -0.2) is 7.05 Å². The molecule has 3 unspecified atom stereocenters. The maximum atomic E-state index is 4.50. The van der Waals surface area contributed by atoms with Crippen molar-refractivity contribution in [2.75, 3.05) is 11.9 Å². The molecular formula is C56H56N2. The van der Waals surface area contributed by atoms with E-state index in [1.54, 1.807) is 5.57 Å². The topological polar surface area (TPSA) is 29.3 Å². The first-order valence-corrected chi connectivity index (χ1v) is 21.4. The summed E-state index contributed by atoms with van der Waals surface area (Å²) in [7, 11) is 1.50. The predicted molar refractivity (Wildman–Crippen MR) is 248 cm³/mol. The smallest absolute Gasteiger partial charge is 0.0717 e. The van der Waals surface area contributed by atoms with Crippen molar-refractivity contribution in [2.45, 2.75) is 70.6 Å². The largest absolute Gasteiger partial charge is 0.333 e. The number of para-hydroxylation sites is 2. The van der Waals surface area contributed by atoms with Gasteiger partial charge in [0.25, 0.3) is 0 Å². The molecule has 6 aromatic rings. The number of hydrogen-bond donors (Lipinski definition) is 1. The summed E-state index contributed by atoms with van der Waals surface area (Å²) in [5, 5.41) is 0. The Morgan fingerprint density at radius 2 is 1.33 bits per heavy atom. The van der Waals surface area contributed by atoms with Crippen molar-refractivity contribution in [3.05, 3.63) is 237 Å². The van der Waals surface area contributed by atoms with Crippen LogP contribution >= 0.6 is 0 Å². The summed E-state index contributed by atoms with van der Waals surface area (Å²) in [6, 6.07) is 56.2. The first kappa shape index (κ1) is 38.9. The van der Waals surface area contributed by atoms with Gasteiger partial charge in [-0.25, -0.2) is 0 Å². The molecule has 1 spiro atoms. The molecule has 3 atom stereocenters. The summed E-state index contributed by atoms with van der Waals surface area (Å²) in [4.78, 5) is 2.61. The van der Waals surface area contributed by atoms with Gasteiger partial charge in [-0.05, 0) is 112 Å². The number of nitrogens with zero attached hydrogens (tertiary/aromatic N) is 1. The Kier molecular flexibility index (Phi) is 11.3. The third kappa shape index (κ3) is 6.22. The van der Waals surface area contributed by atoms with Crippen LogP contribution in [0.15, 0.2) is 187 Å². The van der Waals surface area contributed by atoms with E-state index in [-0.39, 0.29) is 11.3 Å². The van der Waals surface area contributed by atoms with E-state index in [0.29, 0.717) is 5.92 Å². The molecule has 0 bridgehead atoms. The number of fused-ring (bicyclic) bond motifs is 11. The number of hydrogen-bond acceptors (Lipinski definition) is 2. The van der Waals surface area contributed by atoms with Crippen LogP contribution in [0.1, 0.15) is 109 Å². The third-order valence-electron chi connectivity index (χ3n) is 12.7. The van der Waals surface area contributed by atoms with Gasteiger partial charge in [0.2, 0.25) is 0 Å². The lowest BCUT2D eigenvalue weighted by molar-refractivity contribution is 0.687. The zero-order valence-corrected chi connectivity index (χ0v) is 34.8. The maximum absolute atomic E-state index is 4.50. The highest BCUT2D eigenvalue weighted by Gasteiger charge is 2.56. The van der Waals surface area contributed by atoms with E-state index in [2.05, 4.69) is 194 Å². The molecule has 3 aliphatic carbocycles. The quantitative estimate of drug-likeness (QED) is 0.194. The second-order valence-corrected chi connectivity index (χ2v) is 15.3. The summed E-state index contributed by atoms with van der Waals surface area (Å²) in [5.41, 5.74) is 25.6. The average molecular weight is 757 g/mol. The van der Waals surface area contributed by atoms with Crippen LogP contribution in [0.3, 0.4) is 0 Å². The maximum Gasteiger partial charge on any atom is 0.0717 e. The van der Waals surface area contributed by atoms with Gasteiger partial charge >= 0.3 is 0 Å². The minimum absolute atomic E-state index is 0.270. The van der Waals surface area contributed by atoms with E-state index < -0.39 is 0 Å². The highest BCUT2D eigenvalue weighted by Crippen LogP contribution is 2.68. The van der Waals surface area contributed by atoms with Gasteiger partial charge in [-0.3, -0.25) is 0 Å². The molecule has 2 heteroatoms. The Morgan fingerprint density at radius 3 is 2.05 bits per heavy atom. The van der Waals surface area contributed by atoms with Crippen molar-refractivity contribution in [2.24, 2.45) is 5.73 Å². The molecule has 6 aromatic carbocycles. The molecule has 0 saturated heterocycles. The van der Waals surface area contributed by atoms with Gasteiger partial charge in [0.1, 0.15) is 0 Å². The molecule has 11 rings (SSSR count). The van der Waals surface area contributed by atoms with E-state index >= 15 is 0 Å². The van der Waals surface area contributed by atoms with Crippen LogP contribution in [-0.2, 0) is 11.8 Å². The van der Waals surface area contributed by atoms with Gasteiger partial charge in [0.15, 0.2) is 0 Å². The Bertz CT molecular complexity index is 2520. The van der Waals surface area contributed by atoms with Gasteiger partial charge in [0, 0.05) is 17.5 Å². The second-order valence-electron chi connectivity index (χ2n) is 15.3. The van der Waals surface area contributed by atoms with Crippen LogP contribution in [0.25, 0.3) is 11.1 Å². The molecular weight excluding hydrogens is 701 g/mol. The average Bonchev–Trinajstić information content (AvgIpc) is 3.81. The molecule has 2 N–H and O–H groups in total. The highest BCUT2D eigenvalue weighted by molar-refractivity contribution is 6.01. The van der Waals surface area contributed by atoms with Crippen LogP contribution in [0, 0.1) is 0 Å². The first-order chi connectivity index (χ1) is 28.7. The number of anilines is 2. The third-order valence-corrected chi connectivity index (χ3v) is 12.7. The van der Waals surface area contributed by atoms with E-state index in [1.807, 2.05) is 19.9 Å². The summed E-state index contributed by atoms with van der Waals surface area (Å²) in [6.07, 6.45) is 13.8. The number of allylic oxidation sites excluding steroid dienone is 8. The van der Waals surface area contributed by atoms with Gasteiger partial charge < -0.3 is 10.6 Å². The zero-order chi connectivity index (χ0) is 40.2. The van der Waals surface area contributed by atoms with Gasteiger partial charge in [-0.1, -0.05) is 192 Å². The fraction of sp³-hybridized carbons (Fsp3) is 0.214. The second kappa shape index (κ2) is 16.9. The van der Waals surface area contributed by atoms with E-state index in [4.69, 9.17) is 0 Å². The Morgan fingerprint density at radius 1 is 0.690 bits per heavy atom. The van der Waals surface area contributed by atoms with Gasteiger partial charge in [0.05, 0.1) is 16.8 Å². The Hall–Kier alpha value is -5.96. The molecule has 2 nitrogen and oxygen atoms in total. The lowest BCUT2D eigenvalue weighted by Gasteiger charge is -2.45. The monoisotopic (exact) mass is 756 g/mol. The molecule has 0 amide bonds. The lowest BCUT2D eigenvalue weighted by atomic mass is 9.62. The van der Waals surface area contributed by atoms with Crippen molar-refractivity contribution in [3.63, 3.8) is 0 Å². The highest BCUT2D eigenvalue weighted by atomic mass is 15.2. The number of rotatable bonds is 4. The molecule has 58 heavy (non-hydrogen) atoms. The van der Waals surface area contributed by atoms with E-state index in [1.165, 1.54) is 85.3 Å². The Balaban J connectivity index is 0.000000345. The molecule has 0 radical (unpaired) electrons. The summed E-state index contributed by atoms with van der Waals surface area (Å²) < 4.78 is 0. The van der Waals surface area contributed by atoms with Crippen LogP contribution in [0.5, 0.6) is 0 Å². The standard InChI is InChI=1S/C45H35N.C8H10.C2H6.CH5N/c1-29(30-14-4-2-5-15-30)33-19-12-22-39-43(33)36-28-32(31-16-6-3-7-17-31)26-27-37(36)45(39)38-21-9-11-25-42(38)46-41-24-10-8-18-34(41)35-20-13-23-40(45)44(35)46;1-2-8-6-4-3-5-7-8;2*1-2/h2-17,19-25,28-29,34H,18,26-27H2,1H3;3-7H,2H2,1H3;1-2H3;2H2,1H3. The van der Waals surface area contributed by atoms with Crippen LogP contribution in [0.2, 0.25) is 0 Å². The van der Waals surface area contributed by atoms with Gasteiger partial charge in [-0.2, -0.15) is 0 Å². The van der Waals surface area contributed by atoms with Crippen molar-refractivity contribution in [1.82, 2.24) is 0 Å². The zero-order valence-electron chi connectivity index (χ0n) is 34.8. The fourth-order valence-corrected chi connectivity index (χ4v) is 10.2. The predicted octanol–water partition coefficient (Wildman–Crippen LogP) is 14.1. The van der Waals surface area contributed by atoms with Crippen molar-refractivity contribution < 1.29 is 0 Å². The van der Waals surface area contributed by atoms with E-state index in [9.17, 15) is 0 Å².